The zero-order valence-corrected chi connectivity index (χ0v) is 19.2. The van der Waals surface area contributed by atoms with Gasteiger partial charge >= 0.3 is 0 Å². The van der Waals surface area contributed by atoms with Gasteiger partial charge in [0, 0.05) is 35.8 Å². The third-order valence-electron chi connectivity index (χ3n) is 7.58. The molecule has 2 unspecified atom stereocenters. The average molecular weight is 449 g/mol. The van der Waals surface area contributed by atoms with Gasteiger partial charge in [-0.25, -0.2) is 4.98 Å². The second-order valence-electron chi connectivity index (χ2n) is 9.57. The van der Waals surface area contributed by atoms with Crippen LogP contribution in [0.2, 0.25) is 0 Å². The molecule has 1 amide bonds. The van der Waals surface area contributed by atoms with E-state index in [9.17, 15) is 14.7 Å². The maximum Gasteiger partial charge on any atom is 0.259 e. The van der Waals surface area contributed by atoms with Crippen molar-refractivity contribution >= 4 is 23.5 Å². The van der Waals surface area contributed by atoms with Gasteiger partial charge < -0.3 is 10.4 Å². The number of fused-ring (bicyclic) bond motifs is 3. The Morgan fingerprint density at radius 1 is 1.09 bits per heavy atom. The number of hydrogen-bond acceptors (Lipinski definition) is 6. The number of anilines is 2. The van der Waals surface area contributed by atoms with Crippen LogP contribution in [0.4, 0.5) is 11.8 Å². The van der Waals surface area contributed by atoms with Crippen molar-refractivity contribution in [2.75, 3.05) is 16.8 Å². The van der Waals surface area contributed by atoms with Crippen LogP contribution in [0, 0.1) is 5.92 Å². The second kappa shape index (κ2) is 9.21. The number of aromatic nitrogens is 2. The molecule has 0 spiro atoms. The number of hydrogen-bond donors (Lipinski definition) is 2. The molecule has 2 fully saturated rings. The molecule has 1 aromatic heterocycles. The highest BCUT2D eigenvalue weighted by atomic mass is 16.3. The molecule has 2 saturated carbocycles. The molecule has 7 nitrogen and oxygen atoms in total. The first-order chi connectivity index (χ1) is 16.1. The van der Waals surface area contributed by atoms with Crippen molar-refractivity contribution in [3.8, 4) is 0 Å². The summed E-state index contributed by atoms with van der Waals surface area (Å²) in [4.78, 5) is 37.4. The molecule has 0 radical (unpaired) electrons. The number of rotatable bonds is 5. The summed E-state index contributed by atoms with van der Waals surface area (Å²) < 4.78 is 0. The van der Waals surface area contributed by atoms with E-state index in [1.807, 2.05) is 25.1 Å². The van der Waals surface area contributed by atoms with E-state index in [1.54, 1.807) is 17.2 Å². The van der Waals surface area contributed by atoms with Gasteiger partial charge in [-0.15, -0.1) is 0 Å². The summed E-state index contributed by atoms with van der Waals surface area (Å²) in [5.74, 6) is 1.34. The van der Waals surface area contributed by atoms with E-state index in [0.717, 1.165) is 62.5 Å². The van der Waals surface area contributed by atoms with Crippen LogP contribution in [0.3, 0.4) is 0 Å². The maximum atomic E-state index is 13.8. The van der Waals surface area contributed by atoms with E-state index >= 15 is 0 Å². The first-order valence-electron chi connectivity index (χ1n) is 12.3. The van der Waals surface area contributed by atoms with Crippen molar-refractivity contribution in [3.63, 3.8) is 0 Å². The molecule has 7 heteroatoms. The number of ketones is 1. The molecule has 2 N–H and O–H groups in total. The standard InChI is InChI=1S/C26H32N4O3/c1-2-30(22-14-15-27-26(29-22)28-16-10-12-17(31)13-11-16)25(33)21-9-5-8-20-23(21)18-6-3-4-7-19(18)24(20)32/h5,8-9,14-19,31H,2-4,6-7,10-13H2,1H3,(H,27,28,29). The van der Waals surface area contributed by atoms with E-state index < -0.39 is 0 Å². The minimum atomic E-state index is -0.216. The molecule has 1 heterocycles. The number of aliphatic hydroxyl groups excluding tert-OH is 1. The summed E-state index contributed by atoms with van der Waals surface area (Å²) in [6.45, 7) is 2.41. The fraction of sp³-hybridized carbons (Fsp3) is 0.538. The quantitative estimate of drug-likeness (QED) is 0.707. The van der Waals surface area contributed by atoms with E-state index in [2.05, 4.69) is 15.3 Å². The molecule has 33 heavy (non-hydrogen) atoms. The Bertz CT molecular complexity index is 1050. The van der Waals surface area contributed by atoms with Crippen molar-refractivity contribution < 1.29 is 14.7 Å². The van der Waals surface area contributed by atoms with Crippen molar-refractivity contribution in [2.45, 2.75) is 76.4 Å². The predicted molar refractivity (Wildman–Crippen MR) is 127 cm³/mol. The van der Waals surface area contributed by atoms with Gasteiger partial charge in [0.15, 0.2) is 5.78 Å². The molecular formula is C26H32N4O3. The van der Waals surface area contributed by atoms with Crippen molar-refractivity contribution in [1.82, 2.24) is 9.97 Å². The summed E-state index contributed by atoms with van der Waals surface area (Å²) in [7, 11) is 0. The first kappa shape index (κ1) is 22.0. The van der Waals surface area contributed by atoms with Crippen LogP contribution in [0.15, 0.2) is 30.5 Å². The van der Waals surface area contributed by atoms with E-state index in [-0.39, 0.29) is 35.7 Å². The van der Waals surface area contributed by atoms with Crippen LogP contribution >= 0.6 is 0 Å². The molecule has 3 aliphatic rings. The Hall–Kier alpha value is -2.80. The van der Waals surface area contributed by atoms with Gasteiger partial charge in [0.1, 0.15) is 5.82 Å². The summed E-state index contributed by atoms with van der Waals surface area (Å²) >= 11 is 0. The molecular weight excluding hydrogens is 416 g/mol. The number of nitrogens with zero attached hydrogens (tertiary/aromatic N) is 3. The number of Topliss-reactive ketones (excluding diaryl/α,β-unsaturated/α-hetero) is 1. The molecule has 0 aliphatic heterocycles. The summed E-state index contributed by atoms with van der Waals surface area (Å²) in [6.07, 6.45) is 8.83. The first-order valence-corrected chi connectivity index (χ1v) is 12.3. The molecule has 5 rings (SSSR count). The number of nitrogens with one attached hydrogen (secondary N) is 1. The molecule has 0 bridgehead atoms. The highest BCUT2D eigenvalue weighted by Gasteiger charge is 2.43. The molecule has 1 aromatic carbocycles. The van der Waals surface area contributed by atoms with Crippen molar-refractivity contribution in [2.24, 2.45) is 5.92 Å². The van der Waals surface area contributed by atoms with E-state index in [0.29, 0.717) is 23.9 Å². The average Bonchev–Trinajstić information content (AvgIpc) is 3.14. The Labute approximate surface area is 194 Å². The summed E-state index contributed by atoms with van der Waals surface area (Å²) in [5.41, 5.74) is 2.31. The van der Waals surface area contributed by atoms with Crippen LogP contribution in [0.25, 0.3) is 0 Å². The van der Waals surface area contributed by atoms with Crippen LogP contribution in [-0.4, -0.2) is 45.5 Å². The Balaban J connectivity index is 1.41. The Kier molecular flexibility index (Phi) is 6.15. The number of amides is 1. The number of carbonyl (C=O) groups excluding carboxylic acids is 2. The lowest BCUT2D eigenvalue weighted by Crippen LogP contribution is -2.33. The largest absolute Gasteiger partial charge is 0.393 e. The zero-order chi connectivity index (χ0) is 22.9. The minimum absolute atomic E-state index is 0.0293. The van der Waals surface area contributed by atoms with Crippen LogP contribution in [-0.2, 0) is 0 Å². The second-order valence-corrected chi connectivity index (χ2v) is 9.57. The number of aliphatic hydroxyl groups is 1. The lowest BCUT2D eigenvalue weighted by molar-refractivity contribution is 0.0896. The Morgan fingerprint density at radius 2 is 1.85 bits per heavy atom. The van der Waals surface area contributed by atoms with E-state index in [4.69, 9.17) is 0 Å². The fourth-order valence-electron chi connectivity index (χ4n) is 5.88. The van der Waals surface area contributed by atoms with E-state index in [1.165, 1.54) is 0 Å². The lowest BCUT2D eigenvalue weighted by atomic mass is 9.78. The molecule has 2 aromatic rings. The highest BCUT2D eigenvalue weighted by molar-refractivity contribution is 6.11. The summed E-state index contributed by atoms with van der Waals surface area (Å²) in [5, 5.41) is 13.1. The van der Waals surface area contributed by atoms with Crippen molar-refractivity contribution in [1.29, 1.82) is 0 Å². The normalized spacial score (nSPS) is 26.4. The van der Waals surface area contributed by atoms with Gasteiger partial charge in [0.05, 0.1) is 6.10 Å². The van der Waals surface area contributed by atoms with Gasteiger partial charge in [0.25, 0.3) is 5.91 Å². The SMILES string of the molecule is CCN(C(=O)c1cccc2c1C1CCCCC1C2=O)c1ccnc(NC2CCC(O)CC2)n1. The molecule has 174 valence electrons. The number of carbonyl (C=O) groups is 2. The zero-order valence-electron chi connectivity index (χ0n) is 19.2. The van der Waals surface area contributed by atoms with Gasteiger partial charge in [-0.3, -0.25) is 14.5 Å². The molecule has 2 atom stereocenters. The van der Waals surface area contributed by atoms with Gasteiger partial charge in [-0.1, -0.05) is 25.0 Å². The van der Waals surface area contributed by atoms with Crippen LogP contribution in [0.5, 0.6) is 0 Å². The lowest BCUT2D eigenvalue weighted by Gasteiger charge is -2.27. The monoisotopic (exact) mass is 448 g/mol. The third kappa shape index (κ3) is 4.14. The van der Waals surface area contributed by atoms with Crippen molar-refractivity contribution in [3.05, 3.63) is 47.2 Å². The summed E-state index contributed by atoms with van der Waals surface area (Å²) in [6, 6.07) is 7.56. The molecule has 0 saturated heterocycles. The van der Waals surface area contributed by atoms with Gasteiger partial charge in [0.2, 0.25) is 5.95 Å². The third-order valence-corrected chi connectivity index (χ3v) is 7.58. The van der Waals surface area contributed by atoms with Crippen LogP contribution < -0.4 is 10.2 Å². The minimum Gasteiger partial charge on any atom is -0.393 e. The van der Waals surface area contributed by atoms with Gasteiger partial charge in [-0.05, 0) is 69.1 Å². The topological polar surface area (TPSA) is 95.4 Å². The fourth-order valence-corrected chi connectivity index (χ4v) is 5.88. The maximum absolute atomic E-state index is 13.8. The molecule has 3 aliphatic carbocycles. The highest BCUT2D eigenvalue weighted by Crippen LogP contribution is 2.48. The number of benzene rings is 1. The Morgan fingerprint density at radius 3 is 2.61 bits per heavy atom. The smallest absolute Gasteiger partial charge is 0.259 e. The predicted octanol–water partition coefficient (Wildman–Crippen LogP) is 4.33. The van der Waals surface area contributed by atoms with Crippen LogP contribution in [0.1, 0.15) is 90.5 Å². The van der Waals surface area contributed by atoms with Gasteiger partial charge in [-0.2, -0.15) is 4.98 Å².